The molecule has 0 aliphatic heterocycles. The van der Waals surface area contributed by atoms with Crippen LogP contribution >= 0.6 is 0 Å². The quantitative estimate of drug-likeness (QED) is 0.257. The number of nitrogens with zero attached hydrogens (tertiary/aromatic N) is 1. The van der Waals surface area contributed by atoms with Crippen molar-refractivity contribution >= 4 is 0 Å². The Hall–Kier alpha value is -0.770. The number of unbranched alkanes of at least 4 members (excludes halogenated alkanes) is 12. The Morgan fingerprint density at radius 2 is 1.11 bits per heavy atom. The molecule has 0 aromatic heterocycles. The summed E-state index contributed by atoms with van der Waals surface area (Å²) in [6.45, 7) is 5.98. The lowest BCUT2D eigenvalue weighted by molar-refractivity contribution is 0.539. The fraction of sp³-hybridized carbons (Fsp3) is 0.833. The number of nitriles is 1. The van der Waals surface area contributed by atoms with Gasteiger partial charge in [-0.3, -0.25) is 0 Å². The zero-order chi connectivity index (χ0) is 14.2. The van der Waals surface area contributed by atoms with E-state index in [1.54, 1.807) is 0 Å². The third kappa shape index (κ3) is 15.2. The summed E-state index contributed by atoms with van der Waals surface area (Å²) >= 11 is 0. The van der Waals surface area contributed by atoms with Crippen LogP contribution in [0.1, 0.15) is 96.8 Å². The highest BCUT2D eigenvalue weighted by atomic mass is 14.2. The van der Waals surface area contributed by atoms with Gasteiger partial charge in [-0.1, -0.05) is 90.6 Å². The molecule has 0 N–H and O–H groups in total. The Balaban J connectivity index is 2.99. The molecule has 0 fully saturated rings. The molecule has 0 aliphatic carbocycles. The first kappa shape index (κ1) is 18.2. The van der Waals surface area contributed by atoms with E-state index in [2.05, 4.69) is 19.6 Å². The molecule has 0 unspecified atom stereocenters. The summed E-state index contributed by atoms with van der Waals surface area (Å²) in [6.07, 6.45) is 18.8. The lowest BCUT2D eigenvalue weighted by Crippen LogP contribution is -1.83. The van der Waals surface area contributed by atoms with Crippen molar-refractivity contribution in [3.63, 3.8) is 0 Å². The second-order valence-electron chi connectivity index (χ2n) is 5.71. The van der Waals surface area contributed by atoms with Crippen molar-refractivity contribution < 1.29 is 0 Å². The molecular formula is C18H33N. The largest absolute Gasteiger partial charge is 0.193 e. The summed E-state index contributed by atoms with van der Waals surface area (Å²) in [7, 11) is 0. The molecule has 0 radical (unpaired) electrons. The van der Waals surface area contributed by atoms with E-state index in [1.165, 1.54) is 77.0 Å². The van der Waals surface area contributed by atoms with Crippen LogP contribution in [0.15, 0.2) is 12.2 Å². The average Bonchev–Trinajstić information content (AvgIpc) is 2.43. The van der Waals surface area contributed by atoms with Gasteiger partial charge in [-0.05, 0) is 12.8 Å². The molecule has 0 spiro atoms. The van der Waals surface area contributed by atoms with Gasteiger partial charge in [0.25, 0.3) is 0 Å². The Kier molecular flexibility index (Phi) is 14.7. The third-order valence-electron chi connectivity index (χ3n) is 3.74. The van der Waals surface area contributed by atoms with E-state index < -0.39 is 0 Å². The minimum absolute atomic E-state index is 0.739. The summed E-state index contributed by atoms with van der Waals surface area (Å²) < 4.78 is 0. The van der Waals surface area contributed by atoms with Gasteiger partial charge in [0.15, 0.2) is 0 Å². The highest BCUT2D eigenvalue weighted by molar-refractivity contribution is 5.14. The summed E-state index contributed by atoms with van der Waals surface area (Å²) in [5.74, 6) is 0. The standard InChI is InChI=1S/C18H33N/c1-3-4-5-6-7-8-9-10-11-12-13-14-15-16-18(2)17-19/h2-16H2,1H3. The molecule has 0 aromatic rings. The Bertz CT molecular complexity index is 237. The van der Waals surface area contributed by atoms with Gasteiger partial charge in [0.2, 0.25) is 0 Å². The van der Waals surface area contributed by atoms with Crippen molar-refractivity contribution in [2.75, 3.05) is 0 Å². The van der Waals surface area contributed by atoms with Crippen molar-refractivity contribution in [1.82, 2.24) is 0 Å². The molecule has 0 atom stereocenters. The fourth-order valence-electron chi connectivity index (χ4n) is 2.41. The van der Waals surface area contributed by atoms with Crippen LogP contribution in [0.2, 0.25) is 0 Å². The van der Waals surface area contributed by atoms with E-state index in [1.807, 2.05) is 0 Å². The zero-order valence-corrected chi connectivity index (χ0v) is 13.1. The van der Waals surface area contributed by atoms with Gasteiger partial charge in [0.05, 0.1) is 6.07 Å². The molecule has 0 aliphatic rings. The number of hydrogen-bond acceptors (Lipinski definition) is 1. The van der Waals surface area contributed by atoms with Crippen LogP contribution < -0.4 is 0 Å². The normalized spacial score (nSPS) is 10.3. The predicted octanol–water partition coefficient (Wildman–Crippen LogP) is 6.55. The smallest absolute Gasteiger partial charge is 0.0940 e. The van der Waals surface area contributed by atoms with Crippen molar-refractivity contribution in [3.8, 4) is 6.07 Å². The summed E-state index contributed by atoms with van der Waals surface area (Å²) in [5, 5.41) is 8.58. The van der Waals surface area contributed by atoms with Gasteiger partial charge in [0.1, 0.15) is 0 Å². The third-order valence-corrected chi connectivity index (χ3v) is 3.74. The maximum atomic E-state index is 8.58. The average molecular weight is 263 g/mol. The SMILES string of the molecule is C=C(C#N)CCCCCCCCCCCCCCC. The number of hydrogen-bond donors (Lipinski definition) is 0. The first-order chi connectivity index (χ1) is 9.31. The van der Waals surface area contributed by atoms with Crippen LogP contribution in [-0.4, -0.2) is 0 Å². The van der Waals surface area contributed by atoms with E-state index >= 15 is 0 Å². The Morgan fingerprint density at radius 3 is 1.47 bits per heavy atom. The molecule has 110 valence electrons. The topological polar surface area (TPSA) is 23.8 Å². The Morgan fingerprint density at radius 1 is 0.737 bits per heavy atom. The molecule has 1 nitrogen and oxygen atoms in total. The molecule has 0 saturated heterocycles. The van der Waals surface area contributed by atoms with Crippen molar-refractivity contribution in [2.45, 2.75) is 96.8 Å². The monoisotopic (exact) mass is 263 g/mol. The van der Waals surface area contributed by atoms with E-state index in [9.17, 15) is 0 Å². The van der Waals surface area contributed by atoms with Crippen LogP contribution in [0.25, 0.3) is 0 Å². The molecule has 1 heteroatoms. The second kappa shape index (κ2) is 15.3. The van der Waals surface area contributed by atoms with E-state index in [0.717, 1.165) is 18.4 Å². The first-order valence-corrected chi connectivity index (χ1v) is 8.39. The highest BCUT2D eigenvalue weighted by Crippen LogP contribution is 2.13. The molecule has 0 amide bonds. The van der Waals surface area contributed by atoms with Gasteiger partial charge < -0.3 is 0 Å². The lowest BCUT2D eigenvalue weighted by atomic mass is 10.0. The minimum Gasteiger partial charge on any atom is -0.193 e. The minimum atomic E-state index is 0.739. The highest BCUT2D eigenvalue weighted by Gasteiger charge is 1.95. The fourth-order valence-corrected chi connectivity index (χ4v) is 2.41. The van der Waals surface area contributed by atoms with Gasteiger partial charge in [0, 0.05) is 5.57 Å². The van der Waals surface area contributed by atoms with E-state index in [-0.39, 0.29) is 0 Å². The number of allylic oxidation sites excluding steroid dienone is 1. The van der Waals surface area contributed by atoms with Gasteiger partial charge in [-0.15, -0.1) is 0 Å². The van der Waals surface area contributed by atoms with Crippen LogP contribution in [0.5, 0.6) is 0 Å². The molecule has 0 rings (SSSR count). The molecule has 0 aromatic carbocycles. The van der Waals surface area contributed by atoms with Crippen LogP contribution in [0.3, 0.4) is 0 Å². The van der Waals surface area contributed by atoms with E-state index in [4.69, 9.17) is 5.26 Å². The van der Waals surface area contributed by atoms with Crippen LogP contribution in [-0.2, 0) is 0 Å². The van der Waals surface area contributed by atoms with E-state index in [0.29, 0.717) is 0 Å². The molecule has 0 saturated carbocycles. The Labute approximate surface area is 121 Å². The van der Waals surface area contributed by atoms with Gasteiger partial charge in [-0.2, -0.15) is 5.26 Å². The van der Waals surface area contributed by atoms with Crippen molar-refractivity contribution in [1.29, 1.82) is 5.26 Å². The summed E-state index contributed by atoms with van der Waals surface area (Å²) in [5.41, 5.74) is 0.739. The predicted molar refractivity (Wildman–Crippen MR) is 85.1 cm³/mol. The number of rotatable bonds is 14. The summed E-state index contributed by atoms with van der Waals surface area (Å²) in [4.78, 5) is 0. The van der Waals surface area contributed by atoms with Crippen LogP contribution in [0, 0.1) is 11.3 Å². The van der Waals surface area contributed by atoms with Crippen molar-refractivity contribution in [3.05, 3.63) is 12.2 Å². The molecule has 19 heavy (non-hydrogen) atoms. The zero-order valence-electron chi connectivity index (χ0n) is 13.1. The molecular weight excluding hydrogens is 230 g/mol. The summed E-state index contributed by atoms with van der Waals surface area (Å²) in [6, 6.07) is 2.11. The maximum absolute atomic E-state index is 8.58. The molecule has 0 heterocycles. The maximum Gasteiger partial charge on any atom is 0.0940 e. The van der Waals surface area contributed by atoms with Gasteiger partial charge in [-0.25, -0.2) is 0 Å². The second-order valence-corrected chi connectivity index (χ2v) is 5.71. The molecule has 0 bridgehead atoms. The first-order valence-electron chi connectivity index (χ1n) is 8.39. The van der Waals surface area contributed by atoms with Crippen molar-refractivity contribution in [2.24, 2.45) is 0 Å². The lowest BCUT2D eigenvalue weighted by Gasteiger charge is -2.02. The van der Waals surface area contributed by atoms with Gasteiger partial charge >= 0.3 is 0 Å². The van der Waals surface area contributed by atoms with Crippen LogP contribution in [0.4, 0.5) is 0 Å².